The average molecular weight is 539 g/mol. The molecule has 1 aromatic carbocycles. The Morgan fingerprint density at radius 2 is 1.87 bits per heavy atom. The fourth-order valence-corrected chi connectivity index (χ4v) is 2.88. The minimum atomic E-state index is 0. The number of nitrogens with zero attached hydrogens (tertiary/aromatic N) is 7. The second-order valence-corrected chi connectivity index (χ2v) is 6.81. The highest BCUT2D eigenvalue weighted by Crippen LogP contribution is 2.11. The van der Waals surface area contributed by atoms with Crippen molar-refractivity contribution in [3.63, 3.8) is 0 Å². The first-order valence-electron chi connectivity index (χ1n) is 9.97. The number of aryl methyl sites for hydroxylation is 2. The minimum Gasteiger partial charge on any atom is -0.497 e. The Balaban J connectivity index is 0.00000341. The Kier molecular flexibility index (Phi) is 9.69. The van der Waals surface area contributed by atoms with Gasteiger partial charge in [-0.1, -0.05) is 19.1 Å². The SMILES string of the molecule is CCc1nncn1CCNC(=NCc1ccc(OC)cc1)NCc1nnc(C)n1C.I. The highest BCUT2D eigenvalue weighted by molar-refractivity contribution is 14.0. The van der Waals surface area contributed by atoms with Gasteiger partial charge in [-0.05, 0) is 24.6 Å². The molecular formula is C20H30IN9O. The van der Waals surface area contributed by atoms with Gasteiger partial charge in [0.15, 0.2) is 11.8 Å². The van der Waals surface area contributed by atoms with Crippen LogP contribution < -0.4 is 15.4 Å². The zero-order chi connectivity index (χ0) is 21.3. The van der Waals surface area contributed by atoms with E-state index in [4.69, 9.17) is 9.73 Å². The molecule has 3 rings (SSSR count). The van der Waals surface area contributed by atoms with Gasteiger partial charge in [-0.15, -0.1) is 44.4 Å². The molecule has 0 saturated carbocycles. The molecule has 2 N–H and O–H groups in total. The molecule has 0 radical (unpaired) electrons. The maximum absolute atomic E-state index is 5.21. The lowest BCUT2D eigenvalue weighted by molar-refractivity contribution is 0.414. The van der Waals surface area contributed by atoms with Crippen molar-refractivity contribution in [1.29, 1.82) is 0 Å². The maximum atomic E-state index is 5.21. The van der Waals surface area contributed by atoms with Gasteiger partial charge in [0.05, 0.1) is 20.2 Å². The van der Waals surface area contributed by atoms with Crippen LogP contribution >= 0.6 is 24.0 Å². The highest BCUT2D eigenvalue weighted by atomic mass is 127. The van der Waals surface area contributed by atoms with Crippen molar-refractivity contribution in [1.82, 2.24) is 40.2 Å². The van der Waals surface area contributed by atoms with E-state index >= 15 is 0 Å². The second-order valence-electron chi connectivity index (χ2n) is 6.81. The number of aromatic nitrogens is 6. The van der Waals surface area contributed by atoms with Crippen LogP contribution in [0.2, 0.25) is 0 Å². The molecule has 168 valence electrons. The Labute approximate surface area is 199 Å². The Morgan fingerprint density at radius 3 is 2.52 bits per heavy atom. The molecule has 0 saturated heterocycles. The quantitative estimate of drug-likeness (QED) is 0.243. The van der Waals surface area contributed by atoms with Gasteiger partial charge >= 0.3 is 0 Å². The summed E-state index contributed by atoms with van der Waals surface area (Å²) in [5.74, 6) is 4.22. The molecule has 2 heterocycles. The first-order chi connectivity index (χ1) is 14.6. The lowest BCUT2D eigenvalue weighted by atomic mass is 10.2. The molecule has 0 fully saturated rings. The van der Waals surface area contributed by atoms with E-state index in [2.05, 4.69) is 38.0 Å². The highest BCUT2D eigenvalue weighted by Gasteiger charge is 2.07. The van der Waals surface area contributed by atoms with Crippen molar-refractivity contribution in [2.45, 2.75) is 39.9 Å². The summed E-state index contributed by atoms with van der Waals surface area (Å²) in [7, 11) is 3.61. The molecule has 0 aliphatic carbocycles. The smallest absolute Gasteiger partial charge is 0.192 e. The minimum absolute atomic E-state index is 0. The number of hydrogen-bond donors (Lipinski definition) is 2. The van der Waals surface area contributed by atoms with Gasteiger partial charge in [-0.2, -0.15) is 0 Å². The van der Waals surface area contributed by atoms with Gasteiger partial charge in [0.1, 0.15) is 23.7 Å². The first kappa shape index (κ1) is 24.6. The summed E-state index contributed by atoms with van der Waals surface area (Å²) in [6, 6.07) is 7.89. The van der Waals surface area contributed by atoms with Crippen molar-refractivity contribution in [3.8, 4) is 5.75 Å². The fraction of sp³-hybridized carbons (Fsp3) is 0.450. The molecule has 3 aromatic rings. The number of rotatable bonds is 9. The Morgan fingerprint density at radius 1 is 1.10 bits per heavy atom. The van der Waals surface area contributed by atoms with Crippen LogP contribution in [-0.4, -0.2) is 49.1 Å². The Bertz CT molecular complexity index is 965. The summed E-state index contributed by atoms with van der Waals surface area (Å²) in [4.78, 5) is 4.72. The summed E-state index contributed by atoms with van der Waals surface area (Å²) in [6.07, 6.45) is 2.60. The van der Waals surface area contributed by atoms with Crippen LogP contribution in [0.3, 0.4) is 0 Å². The molecule has 10 nitrogen and oxygen atoms in total. The number of halogens is 1. The predicted octanol–water partition coefficient (Wildman–Crippen LogP) is 1.84. The third-order valence-electron chi connectivity index (χ3n) is 4.83. The number of guanidine groups is 1. The topological polar surface area (TPSA) is 107 Å². The van der Waals surface area contributed by atoms with E-state index in [1.807, 2.05) is 47.4 Å². The van der Waals surface area contributed by atoms with Crippen LogP contribution in [0.15, 0.2) is 35.6 Å². The molecule has 0 aliphatic rings. The van der Waals surface area contributed by atoms with Gasteiger partial charge in [0.2, 0.25) is 0 Å². The third-order valence-corrected chi connectivity index (χ3v) is 4.83. The average Bonchev–Trinajstić information content (AvgIpc) is 3.36. The van der Waals surface area contributed by atoms with Crippen LogP contribution in [-0.2, 0) is 33.1 Å². The van der Waals surface area contributed by atoms with Crippen LogP contribution in [0.25, 0.3) is 0 Å². The Hall–Kier alpha value is -2.70. The molecule has 2 aromatic heterocycles. The molecule has 0 aliphatic heterocycles. The molecule has 0 atom stereocenters. The molecule has 0 unspecified atom stereocenters. The lowest BCUT2D eigenvalue weighted by Crippen LogP contribution is -2.39. The summed E-state index contributed by atoms with van der Waals surface area (Å²) in [5.41, 5.74) is 1.10. The van der Waals surface area contributed by atoms with Crippen molar-refractivity contribution in [3.05, 3.63) is 53.6 Å². The monoisotopic (exact) mass is 539 g/mol. The van der Waals surface area contributed by atoms with E-state index in [1.165, 1.54) is 0 Å². The van der Waals surface area contributed by atoms with Crippen molar-refractivity contribution >= 4 is 29.9 Å². The van der Waals surface area contributed by atoms with E-state index in [-0.39, 0.29) is 24.0 Å². The van der Waals surface area contributed by atoms with Gasteiger partial charge in [-0.25, -0.2) is 4.99 Å². The molecule has 0 bridgehead atoms. The summed E-state index contributed by atoms with van der Waals surface area (Å²) >= 11 is 0. The van der Waals surface area contributed by atoms with Crippen LogP contribution in [0.5, 0.6) is 5.75 Å². The third kappa shape index (κ3) is 6.91. The van der Waals surface area contributed by atoms with E-state index in [1.54, 1.807) is 13.4 Å². The number of benzene rings is 1. The van der Waals surface area contributed by atoms with E-state index < -0.39 is 0 Å². The van der Waals surface area contributed by atoms with E-state index in [9.17, 15) is 0 Å². The van der Waals surface area contributed by atoms with Crippen molar-refractivity contribution < 1.29 is 4.74 Å². The normalized spacial score (nSPS) is 11.2. The van der Waals surface area contributed by atoms with Gasteiger partial charge in [0, 0.05) is 26.6 Å². The van der Waals surface area contributed by atoms with Crippen molar-refractivity contribution in [2.24, 2.45) is 12.0 Å². The van der Waals surface area contributed by atoms with Gasteiger partial charge < -0.3 is 24.5 Å². The molecule has 0 amide bonds. The van der Waals surface area contributed by atoms with Crippen LogP contribution in [0, 0.1) is 6.92 Å². The number of ether oxygens (including phenoxy) is 1. The second kappa shape index (κ2) is 12.2. The van der Waals surface area contributed by atoms with Gasteiger partial charge in [0.25, 0.3) is 0 Å². The van der Waals surface area contributed by atoms with E-state index in [0.29, 0.717) is 25.6 Å². The van der Waals surface area contributed by atoms with Gasteiger partial charge in [-0.3, -0.25) is 0 Å². The molecule has 11 heteroatoms. The number of nitrogens with one attached hydrogen (secondary N) is 2. The summed E-state index contributed by atoms with van der Waals surface area (Å²) in [6.45, 7) is 6.51. The zero-order valence-corrected chi connectivity index (χ0v) is 20.7. The number of hydrogen-bond acceptors (Lipinski definition) is 6. The number of aliphatic imine (C=N–C) groups is 1. The largest absolute Gasteiger partial charge is 0.497 e. The van der Waals surface area contributed by atoms with Crippen molar-refractivity contribution in [2.75, 3.05) is 13.7 Å². The number of methoxy groups -OCH3 is 1. The summed E-state index contributed by atoms with van der Waals surface area (Å²) < 4.78 is 9.21. The van der Waals surface area contributed by atoms with E-state index in [0.717, 1.165) is 41.8 Å². The standard InChI is InChI=1S/C20H29N9O.HI/c1-5-18-26-24-14-29(18)11-10-21-20(23-13-19-27-25-15(2)28(19)3)22-12-16-6-8-17(30-4)9-7-16;/h6-9,14H,5,10-13H2,1-4H3,(H2,21,22,23);1H. The molecular weight excluding hydrogens is 509 g/mol. The maximum Gasteiger partial charge on any atom is 0.192 e. The molecule has 0 spiro atoms. The molecule has 31 heavy (non-hydrogen) atoms. The summed E-state index contributed by atoms with van der Waals surface area (Å²) in [5, 5.41) is 23.1. The lowest BCUT2D eigenvalue weighted by Gasteiger charge is -2.13. The fourth-order valence-electron chi connectivity index (χ4n) is 2.88. The first-order valence-corrected chi connectivity index (χ1v) is 9.97. The van der Waals surface area contributed by atoms with Crippen LogP contribution in [0.4, 0.5) is 0 Å². The predicted molar refractivity (Wildman–Crippen MR) is 130 cm³/mol. The van der Waals surface area contributed by atoms with Crippen LogP contribution in [0.1, 0.15) is 30.0 Å². The zero-order valence-electron chi connectivity index (χ0n) is 18.4.